The van der Waals surface area contributed by atoms with Crippen LogP contribution in [-0.4, -0.2) is 19.2 Å². The van der Waals surface area contributed by atoms with Crippen LogP contribution in [0.15, 0.2) is 30.3 Å². The SMILES string of the molecule is Clc1cc(Cl)c2ccccc2c1O[C@H]1CCCNC1. The Bertz CT molecular complexity index is 594. The molecule has 0 saturated carbocycles. The Morgan fingerprint density at radius 3 is 2.63 bits per heavy atom. The molecule has 2 aromatic rings. The quantitative estimate of drug-likeness (QED) is 0.893. The maximum Gasteiger partial charge on any atom is 0.146 e. The lowest BCUT2D eigenvalue weighted by Crippen LogP contribution is -2.37. The third kappa shape index (κ3) is 2.66. The molecule has 2 aromatic carbocycles. The minimum absolute atomic E-state index is 0.177. The Balaban J connectivity index is 2.01. The van der Waals surface area contributed by atoms with E-state index in [0.717, 1.165) is 42.5 Å². The number of piperidine rings is 1. The average molecular weight is 296 g/mol. The minimum atomic E-state index is 0.177. The lowest BCUT2D eigenvalue weighted by Gasteiger charge is -2.25. The molecule has 1 N–H and O–H groups in total. The average Bonchev–Trinajstić information content (AvgIpc) is 2.45. The van der Waals surface area contributed by atoms with Crippen LogP contribution < -0.4 is 10.1 Å². The lowest BCUT2D eigenvalue weighted by atomic mass is 10.1. The Labute approximate surface area is 122 Å². The zero-order chi connectivity index (χ0) is 13.2. The third-order valence-corrected chi connectivity index (χ3v) is 4.03. The number of nitrogens with one attached hydrogen (secondary N) is 1. The van der Waals surface area contributed by atoms with Crippen molar-refractivity contribution < 1.29 is 4.74 Å². The van der Waals surface area contributed by atoms with Gasteiger partial charge in [0.1, 0.15) is 11.9 Å². The summed E-state index contributed by atoms with van der Waals surface area (Å²) in [5, 5.41) is 6.54. The van der Waals surface area contributed by atoms with Crippen molar-refractivity contribution in [2.45, 2.75) is 18.9 Å². The number of rotatable bonds is 2. The van der Waals surface area contributed by atoms with Gasteiger partial charge in [-0.1, -0.05) is 47.5 Å². The summed E-state index contributed by atoms with van der Waals surface area (Å²) in [7, 11) is 0. The molecule has 1 aliphatic heterocycles. The first-order valence-corrected chi connectivity index (χ1v) is 7.25. The predicted molar refractivity (Wildman–Crippen MR) is 80.5 cm³/mol. The molecule has 4 heteroatoms. The Kier molecular flexibility index (Phi) is 3.83. The van der Waals surface area contributed by atoms with Crippen molar-refractivity contribution in [3.63, 3.8) is 0 Å². The molecule has 100 valence electrons. The van der Waals surface area contributed by atoms with Crippen LogP contribution in [0.4, 0.5) is 0 Å². The van der Waals surface area contributed by atoms with Gasteiger partial charge in [-0.05, 0) is 25.5 Å². The molecule has 0 bridgehead atoms. The van der Waals surface area contributed by atoms with E-state index in [1.54, 1.807) is 6.07 Å². The topological polar surface area (TPSA) is 21.3 Å². The second kappa shape index (κ2) is 5.58. The van der Waals surface area contributed by atoms with Gasteiger partial charge in [-0.3, -0.25) is 0 Å². The van der Waals surface area contributed by atoms with Crippen molar-refractivity contribution in [2.75, 3.05) is 13.1 Å². The fourth-order valence-corrected chi connectivity index (χ4v) is 3.06. The van der Waals surface area contributed by atoms with E-state index < -0.39 is 0 Å². The van der Waals surface area contributed by atoms with E-state index in [4.69, 9.17) is 27.9 Å². The van der Waals surface area contributed by atoms with E-state index in [-0.39, 0.29) is 6.10 Å². The zero-order valence-electron chi connectivity index (χ0n) is 10.5. The first-order chi connectivity index (χ1) is 9.25. The summed E-state index contributed by atoms with van der Waals surface area (Å²) in [6, 6.07) is 9.69. The zero-order valence-corrected chi connectivity index (χ0v) is 12.0. The van der Waals surface area contributed by atoms with Crippen LogP contribution in [-0.2, 0) is 0 Å². The summed E-state index contributed by atoms with van der Waals surface area (Å²) in [5.41, 5.74) is 0. The van der Waals surface area contributed by atoms with Crippen molar-refractivity contribution in [3.05, 3.63) is 40.4 Å². The molecule has 1 atom stereocenters. The lowest BCUT2D eigenvalue weighted by molar-refractivity contribution is 0.169. The number of benzene rings is 2. The van der Waals surface area contributed by atoms with Gasteiger partial charge in [0.05, 0.1) is 10.0 Å². The van der Waals surface area contributed by atoms with Gasteiger partial charge < -0.3 is 10.1 Å². The highest BCUT2D eigenvalue weighted by Crippen LogP contribution is 2.38. The molecular weight excluding hydrogens is 281 g/mol. The Morgan fingerprint density at radius 2 is 1.89 bits per heavy atom. The van der Waals surface area contributed by atoms with Crippen LogP contribution in [0.3, 0.4) is 0 Å². The second-order valence-corrected chi connectivity index (χ2v) is 5.62. The van der Waals surface area contributed by atoms with Crippen LogP contribution in [0.2, 0.25) is 10.0 Å². The van der Waals surface area contributed by atoms with Crippen LogP contribution in [0.25, 0.3) is 10.8 Å². The highest BCUT2D eigenvalue weighted by molar-refractivity contribution is 6.39. The van der Waals surface area contributed by atoms with Gasteiger partial charge in [-0.25, -0.2) is 0 Å². The van der Waals surface area contributed by atoms with E-state index in [9.17, 15) is 0 Å². The Hall–Kier alpha value is -0.960. The largest absolute Gasteiger partial charge is 0.487 e. The van der Waals surface area contributed by atoms with Gasteiger partial charge in [-0.15, -0.1) is 0 Å². The van der Waals surface area contributed by atoms with E-state index >= 15 is 0 Å². The van der Waals surface area contributed by atoms with Crippen LogP contribution in [0, 0.1) is 0 Å². The van der Waals surface area contributed by atoms with Crippen molar-refractivity contribution in [1.82, 2.24) is 5.32 Å². The maximum atomic E-state index is 6.30. The molecule has 1 saturated heterocycles. The number of ether oxygens (including phenoxy) is 1. The van der Waals surface area contributed by atoms with Gasteiger partial charge in [-0.2, -0.15) is 0 Å². The number of hydrogen-bond donors (Lipinski definition) is 1. The summed E-state index contributed by atoms with van der Waals surface area (Å²) in [6.45, 7) is 1.93. The number of fused-ring (bicyclic) bond motifs is 1. The first-order valence-electron chi connectivity index (χ1n) is 6.50. The van der Waals surface area contributed by atoms with Gasteiger partial charge in [0.25, 0.3) is 0 Å². The standard InChI is InChI=1S/C15H15Cl2NO/c16-13-8-14(17)15(12-6-2-1-5-11(12)13)19-10-4-3-7-18-9-10/h1-2,5-6,8,10,18H,3-4,7,9H2/t10-/m0/s1. The summed E-state index contributed by atoms with van der Waals surface area (Å²) in [6.07, 6.45) is 2.37. The second-order valence-electron chi connectivity index (χ2n) is 4.80. The molecule has 0 amide bonds. The molecule has 19 heavy (non-hydrogen) atoms. The molecule has 0 aromatic heterocycles. The normalized spacial score (nSPS) is 19.6. The van der Waals surface area contributed by atoms with Crippen LogP contribution in [0.5, 0.6) is 5.75 Å². The summed E-state index contributed by atoms with van der Waals surface area (Å²) in [4.78, 5) is 0. The summed E-state index contributed by atoms with van der Waals surface area (Å²) in [5.74, 6) is 0.746. The first kappa shape index (κ1) is 13.0. The monoisotopic (exact) mass is 295 g/mol. The van der Waals surface area contributed by atoms with Crippen molar-refractivity contribution in [2.24, 2.45) is 0 Å². The van der Waals surface area contributed by atoms with Gasteiger partial charge >= 0.3 is 0 Å². The van der Waals surface area contributed by atoms with E-state index in [1.807, 2.05) is 24.3 Å². The van der Waals surface area contributed by atoms with Gasteiger partial charge in [0.15, 0.2) is 0 Å². The van der Waals surface area contributed by atoms with Crippen molar-refractivity contribution in [3.8, 4) is 5.75 Å². The van der Waals surface area contributed by atoms with Gasteiger partial charge in [0.2, 0.25) is 0 Å². The Morgan fingerprint density at radius 1 is 1.11 bits per heavy atom. The van der Waals surface area contributed by atoms with Gasteiger partial charge in [0, 0.05) is 17.3 Å². The van der Waals surface area contributed by atoms with Crippen molar-refractivity contribution in [1.29, 1.82) is 0 Å². The molecule has 3 rings (SSSR count). The highest BCUT2D eigenvalue weighted by atomic mass is 35.5. The van der Waals surface area contributed by atoms with Crippen LogP contribution >= 0.6 is 23.2 Å². The fraction of sp³-hybridized carbons (Fsp3) is 0.333. The smallest absolute Gasteiger partial charge is 0.146 e. The molecule has 2 nitrogen and oxygen atoms in total. The van der Waals surface area contributed by atoms with Crippen LogP contribution in [0.1, 0.15) is 12.8 Å². The van der Waals surface area contributed by atoms with E-state index in [2.05, 4.69) is 5.32 Å². The maximum absolute atomic E-state index is 6.30. The molecule has 0 aliphatic carbocycles. The molecule has 1 heterocycles. The molecule has 0 radical (unpaired) electrons. The molecule has 1 aliphatic rings. The van der Waals surface area contributed by atoms with E-state index in [0.29, 0.717) is 10.0 Å². The van der Waals surface area contributed by atoms with E-state index in [1.165, 1.54) is 0 Å². The molecular formula is C15H15Cl2NO. The van der Waals surface area contributed by atoms with Crippen molar-refractivity contribution >= 4 is 34.0 Å². The fourth-order valence-electron chi connectivity index (χ4n) is 2.48. The minimum Gasteiger partial charge on any atom is -0.487 e. The number of hydrogen-bond acceptors (Lipinski definition) is 2. The summed E-state index contributed by atoms with van der Waals surface area (Å²) >= 11 is 12.5. The third-order valence-electron chi connectivity index (χ3n) is 3.44. The highest BCUT2D eigenvalue weighted by Gasteiger charge is 2.18. The molecule has 0 unspecified atom stereocenters. The molecule has 0 spiro atoms. The molecule has 1 fully saturated rings. The number of halogens is 2. The predicted octanol–water partition coefficient (Wildman–Crippen LogP) is 4.28. The summed E-state index contributed by atoms with van der Waals surface area (Å²) < 4.78 is 6.10.